The van der Waals surface area contributed by atoms with E-state index in [0.717, 1.165) is 57.9 Å². The Balaban J connectivity index is 2.04. The number of esters is 1. The lowest BCUT2D eigenvalue weighted by atomic mass is 9.92. The molecule has 2 heterocycles. The predicted octanol–water partition coefficient (Wildman–Crippen LogP) is 5.51. The van der Waals surface area contributed by atoms with Gasteiger partial charge in [-0.3, -0.25) is 14.8 Å². The van der Waals surface area contributed by atoms with Crippen LogP contribution in [0.1, 0.15) is 15.9 Å². The average Bonchev–Trinajstić information content (AvgIpc) is 2.77. The summed E-state index contributed by atoms with van der Waals surface area (Å²) in [5.74, 6) is -0.451. The lowest BCUT2D eigenvalue weighted by Crippen LogP contribution is -2.05. The predicted molar refractivity (Wildman–Crippen MR) is 121 cm³/mol. The molecule has 3 aromatic carbocycles. The van der Waals surface area contributed by atoms with Crippen LogP contribution in [0.3, 0.4) is 0 Å². The van der Waals surface area contributed by atoms with Gasteiger partial charge in [-0.2, -0.15) is 0 Å². The van der Waals surface area contributed by atoms with Gasteiger partial charge in [-0.1, -0.05) is 44.0 Å². The number of hydrogen-bond acceptors (Lipinski definition) is 6. The molecule has 0 aliphatic heterocycles. The molecular formula is C22H12Br2N2O4. The summed E-state index contributed by atoms with van der Waals surface area (Å²) in [6.45, 7) is 0.541. The smallest absolute Gasteiger partial charge is 0.340 e. The zero-order valence-corrected chi connectivity index (χ0v) is 18.7. The fourth-order valence-corrected chi connectivity index (χ4v) is 5.18. The van der Waals surface area contributed by atoms with E-state index in [-0.39, 0.29) is 6.61 Å². The second kappa shape index (κ2) is 7.14. The largest absolute Gasteiger partial charge is 0.465 e. The van der Waals surface area contributed by atoms with Gasteiger partial charge in [0.15, 0.2) is 0 Å². The minimum atomic E-state index is -0.451. The van der Waals surface area contributed by atoms with Crippen molar-refractivity contribution < 1.29 is 19.1 Å². The first-order valence-corrected chi connectivity index (χ1v) is 10.5. The Bertz CT molecular complexity index is 1480. The molecule has 0 atom stereocenters. The Morgan fingerprint density at radius 1 is 0.933 bits per heavy atom. The summed E-state index contributed by atoms with van der Waals surface area (Å²) >= 11 is 7.21. The standard InChI is InChI=1S/C22H12Br2N2O4/c1-29-22(28)13-7-26-21-11-2-4-14(23)16-10(8-30-9-27)6-25-20(18(11)16)12-3-5-15(24)17(13)19(12)21/h2-7,9H,8H2,1H3. The second-order valence-corrected chi connectivity index (χ2v) is 8.45. The van der Waals surface area contributed by atoms with E-state index in [4.69, 9.17) is 14.5 Å². The molecule has 2 aromatic heterocycles. The summed E-state index contributed by atoms with van der Waals surface area (Å²) in [6, 6.07) is 7.78. The number of rotatable bonds is 4. The highest BCUT2D eigenvalue weighted by Crippen LogP contribution is 2.44. The van der Waals surface area contributed by atoms with Crippen LogP contribution in [0.25, 0.3) is 43.4 Å². The average molecular weight is 528 g/mol. The molecule has 8 heteroatoms. The van der Waals surface area contributed by atoms with Crippen molar-refractivity contribution in [3.8, 4) is 0 Å². The van der Waals surface area contributed by atoms with E-state index in [1.54, 1.807) is 12.4 Å². The maximum absolute atomic E-state index is 12.4. The molecule has 0 bridgehead atoms. The molecule has 0 N–H and O–H groups in total. The molecule has 0 saturated carbocycles. The molecule has 5 rings (SSSR count). The van der Waals surface area contributed by atoms with E-state index in [2.05, 4.69) is 36.8 Å². The number of halogens is 2. The number of ether oxygens (including phenoxy) is 2. The maximum Gasteiger partial charge on any atom is 0.340 e. The fraction of sp³-hybridized carbons (Fsp3) is 0.0909. The third-order valence-corrected chi connectivity index (χ3v) is 6.59. The minimum absolute atomic E-state index is 0.118. The van der Waals surface area contributed by atoms with Crippen molar-refractivity contribution in [2.24, 2.45) is 0 Å². The second-order valence-electron chi connectivity index (χ2n) is 6.74. The summed E-state index contributed by atoms with van der Waals surface area (Å²) in [5, 5.41) is 5.19. The Morgan fingerprint density at radius 2 is 1.53 bits per heavy atom. The number of fused-ring (bicyclic) bond motifs is 2. The number of methoxy groups -OCH3 is 1. The minimum Gasteiger partial charge on any atom is -0.465 e. The summed E-state index contributed by atoms with van der Waals surface area (Å²) in [5.41, 5.74) is 2.72. The van der Waals surface area contributed by atoms with Gasteiger partial charge in [-0.15, -0.1) is 0 Å². The van der Waals surface area contributed by atoms with E-state index in [9.17, 15) is 9.59 Å². The first kappa shape index (κ1) is 19.1. The van der Waals surface area contributed by atoms with Gasteiger partial charge in [0.2, 0.25) is 0 Å². The Morgan fingerprint density at radius 3 is 2.17 bits per heavy atom. The van der Waals surface area contributed by atoms with Gasteiger partial charge in [0.05, 0.1) is 23.7 Å². The van der Waals surface area contributed by atoms with Crippen LogP contribution in [0.2, 0.25) is 0 Å². The number of carbonyl (C=O) groups is 2. The van der Waals surface area contributed by atoms with E-state index in [0.29, 0.717) is 12.0 Å². The van der Waals surface area contributed by atoms with Crippen molar-refractivity contribution in [2.75, 3.05) is 7.11 Å². The van der Waals surface area contributed by atoms with Gasteiger partial charge in [0, 0.05) is 59.2 Å². The van der Waals surface area contributed by atoms with E-state index in [1.807, 2.05) is 24.3 Å². The van der Waals surface area contributed by atoms with Crippen LogP contribution in [-0.2, 0) is 20.9 Å². The van der Waals surface area contributed by atoms with Crippen LogP contribution in [0.4, 0.5) is 0 Å². The summed E-state index contributed by atoms with van der Waals surface area (Å²) in [7, 11) is 1.35. The first-order valence-electron chi connectivity index (χ1n) is 8.92. The van der Waals surface area contributed by atoms with Crippen LogP contribution in [-0.4, -0.2) is 29.5 Å². The number of carbonyl (C=O) groups excluding carboxylic acids is 2. The highest BCUT2D eigenvalue weighted by molar-refractivity contribution is 9.11. The molecule has 6 nitrogen and oxygen atoms in total. The Hall–Kier alpha value is -2.84. The summed E-state index contributed by atoms with van der Waals surface area (Å²) < 4.78 is 11.6. The monoisotopic (exact) mass is 526 g/mol. The van der Waals surface area contributed by atoms with Gasteiger partial charge in [0.25, 0.3) is 6.47 Å². The van der Waals surface area contributed by atoms with Crippen molar-refractivity contribution in [1.29, 1.82) is 0 Å². The van der Waals surface area contributed by atoms with E-state index < -0.39 is 5.97 Å². The summed E-state index contributed by atoms with van der Waals surface area (Å²) in [4.78, 5) is 32.5. The van der Waals surface area contributed by atoms with E-state index >= 15 is 0 Å². The fourth-order valence-electron chi connectivity index (χ4n) is 4.05. The lowest BCUT2D eigenvalue weighted by molar-refractivity contribution is -0.129. The number of pyridine rings is 2. The van der Waals surface area contributed by atoms with Crippen molar-refractivity contribution >= 4 is 87.7 Å². The third kappa shape index (κ3) is 2.60. The molecule has 0 amide bonds. The molecule has 0 radical (unpaired) electrons. The molecule has 0 unspecified atom stereocenters. The lowest BCUT2D eigenvalue weighted by Gasteiger charge is -2.17. The number of benzene rings is 3. The maximum atomic E-state index is 12.4. The highest BCUT2D eigenvalue weighted by atomic mass is 79.9. The number of hydrogen-bond donors (Lipinski definition) is 0. The molecule has 148 valence electrons. The number of aromatic nitrogens is 2. The molecule has 0 fully saturated rings. The van der Waals surface area contributed by atoms with Crippen LogP contribution in [0.5, 0.6) is 0 Å². The van der Waals surface area contributed by atoms with Crippen molar-refractivity contribution in [1.82, 2.24) is 9.97 Å². The normalized spacial score (nSPS) is 11.6. The quantitative estimate of drug-likeness (QED) is 0.133. The van der Waals surface area contributed by atoms with Gasteiger partial charge in [-0.05, 0) is 12.1 Å². The molecule has 30 heavy (non-hydrogen) atoms. The zero-order valence-electron chi connectivity index (χ0n) is 15.5. The Labute approximate surface area is 186 Å². The summed E-state index contributed by atoms with van der Waals surface area (Å²) in [6.07, 6.45) is 3.26. The third-order valence-electron chi connectivity index (χ3n) is 5.27. The first-order chi connectivity index (χ1) is 14.6. The highest BCUT2D eigenvalue weighted by Gasteiger charge is 2.22. The molecule has 0 spiro atoms. The van der Waals surface area contributed by atoms with Crippen molar-refractivity contribution in [3.63, 3.8) is 0 Å². The molecule has 0 aliphatic rings. The van der Waals surface area contributed by atoms with Gasteiger partial charge < -0.3 is 9.47 Å². The zero-order chi connectivity index (χ0) is 21.0. The van der Waals surface area contributed by atoms with Crippen LogP contribution in [0, 0.1) is 0 Å². The van der Waals surface area contributed by atoms with E-state index in [1.165, 1.54) is 7.11 Å². The number of nitrogens with zero attached hydrogens (tertiary/aromatic N) is 2. The molecular weight excluding hydrogens is 516 g/mol. The van der Waals surface area contributed by atoms with Gasteiger partial charge in [0.1, 0.15) is 6.61 Å². The topological polar surface area (TPSA) is 78.4 Å². The Kier molecular flexibility index (Phi) is 4.56. The van der Waals surface area contributed by atoms with Crippen molar-refractivity contribution in [2.45, 2.75) is 6.61 Å². The van der Waals surface area contributed by atoms with Crippen LogP contribution < -0.4 is 0 Å². The molecule has 0 saturated heterocycles. The van der Waals surface area contributed by atoms with Crippen LogP contribution in [0.15, 0.2) is 45.6 Å². The van der Waals surface area contributed by atoms with Gasteiger partial charge >= 0.3 is 5.97 Å². The van der Waals surface area contributed by atoms with Crippen molar-refractivity contribution in [3.05, 3.63) is 56.7 Å². The SMILES string of the molecule is COC(=O)c1cnc2c3ccc(Br)c4c(COC=O)cnc(c5ccc(Br)c1c52)c43. The molecule has 5 aromatic rings. The van der Waals surface area contributed by atoms with Gasteiger partial charge in [-0.25, -0.2) is 4.79 Å². The van der Waals surface area contributed by atoms with Crippen LogP contribution >= 0.6 is 31.9 Å². The molecule has 0 aliphatic carbocycles.